The maximum absolute atomic E-state index is 15.3. The van der Waals surface area contributed by atoms with Crippen LogP contribution in [0.4, 0.5) is 8.78 Å². The molecule has 4 aromatic rings. The molecule has 0 unspecified atom stereocenters. The third kappa shape index (κ3) is 5.93. The minimum Gasteiger partial charge on any atom is -0.396 e. The summed E-state index contributed by atoms with van der Waals surface area (Å²) in [6, 6.07) is 16.8. The summed E-state index contributed by atoms with van der Waals surface area (Å²) in [6.45, 7) is 1.23. The molecule has 2 aromatic carbocycles. The fourth-order valence-corrected chi connectivity index (χ4v) is 4.41. The molecule has 1 amide bonds. The van der Waals surface area contributed by atoms with Crippen molar-refractivity contribution < 1.29 is 23.8 Å². The third-order valence-electron chi connectivity index (χ3n) is 6.45. The maximum Gasteiger partial charge on any atom is 0.252 e. The molecular weight excluding hydrogens is 476 g/mol. The molecule has 37 heavy (non-hydrogen) atoms. The van der Waals surface area contributed by atoms with Gasteiger partial charge >= 0.3 is 0 Å². The van der Waals surface area contributed by atoms with Gasteiger partial charge in [0.25, 0.3) is 5.91 Å². The van der Waals surface area contributed by atoms with E-state index < -0.39 is 23.7 Å². The number of hydrogen-bond donors (Lipinski definition) is 4. The zero-order chi connectivity index (χ0) is 26.4. The summed E-state index contributed by atoms with van der Waals surface area (Å²) >= 11 is 0. The molecule has 192 valence electrons. The number of aryl methyl sites for hydroxylation is 1. The molecule has 0 aliphatic carbocycles. The smallest absolute Gasteiger partial charge is 0.252 e. The molecule has 0 fully saturated rings. The second kappa shape index (κ2) is 11.9. The summed E-state index contributed by atoms with van der Waals surface area (Å²) in [6.07, 6.45) is 2.45. The summed E-state index contributed by atoms with van der Waals surface area (Å²) in [5, 5.41) is 22.5. The SMILES string of the molecule is CCc1[nH]c(-c2ccc(F)cc2)cc1-c1c(F)cccc1C(=O)N[C@H](Cc1ccccn1)C(CO)CO. The molecule has 0 radical (unpaired) electrons. The van der Waals surface area contributed by atoms with Gasteiger partial charge in [-0.25, -0.2) is 8.78 Å². The number of rotatable bonds is 10. The van der Waals surface area contributed by atoms with Gasteiger partial charge in [-0.05, 0) is 66.6 Å². The minimum absolute atomic E-state index is 0.125. The van der Waals surface area contributed by atoms with Crippen molar-refractivity contribution in [3.63, 3.8) is 0 Å². The highest BCUT2D eigenvalue weighted by Gasteiger charge is 2.27. The molecule has 4 rings (SSSR count). The van der Waals surface area contributed by atoms with E-state index in [-0.39, 0.29) is 36.6 Å². The van der Waals surface area contributed by atoms with E-state index >= 15 is 4.39 Å². The Bertz CT molecular complexity index is 1340. The lowest BCUT2D eigenvalue weighted by atomic mass is 9.94. The van der Waals surface area contributed by atoms with E-state index in [1.54, 1.807) is 42.6 Å². The number of aromatic nitrogens is 2. The van der Waals surface area contributed by atoms with Gasteiger partial charge in [-0.1, -0.05) is 19.1 Å². The fourth-order valence-electron chi connectivity index (χ4n) is 4.41. The lowest BCUT2D eigenvalue weighted by Gasteiger charge is -2.25. The summed E-state index contributed by atoms with van der Waals surface area (Å²) in [4.78, 5) is 21.1. The van der Waals surface area contributed by atoms with Crippen LogP contribution in [-0.4, -0.2) is 45.3 Å². The predicted octanol–water partition coefficient (Wildman–Crippen LogP) is 4.53. The average molecular weight is 506 g/mol. The molecule has 1 atom stereocenters. The van der Waals surface area contributed by atoms with Crippen LogP contribution >= 0.6 is 0 Å². The van der Waals surface area contributed by atoms with Crippen molar-refractivity contribution >= 4 is 5.91 Å². The maximum atomic E-state index is 15.3. The van der Waals surface area contributed by atoms with Gasteiger partial charge in [0.2, 0.25) is 0 Å². The second-order valence-electron chi connectivity index (χ2n) is 8.83. The standard InChI is InChI=1S/C29H29F2N3O3/c1-2-25-23(15-27(33-25)18-9-11-20(30)12-10-18)28-22(7-5-8-24(28)31)29(37)34-26(19(16-35)17-36)14-21-6-3-4-13-32-21/h3-13,15,19,26,33,35-36H,2,14,16-17H2,1H3,(H,34,37)/t26-/m1/s1. The Morgan fingerprint density at radius 3 is 2.43 bits per heavy atom. The van der Waals surface area contributed by atoms with Crippen LogP contribution in [-0.2, 0) is 12.8 Å². The van der Waals surface area contributed by atoms with E-state index in [1.165, 1.54) is 24.3 Å². The highest BCUT2D eigenvalue weighted by Crippen LogP contribution is 2.34. The van der Waals surface area contributed by atoms with E-state index in [9.17, 15) is 19.4 Å². The summed E-state index contributed by atoms with van der Waals surface area (Å²) in [5.41, 5.74) is 3.62. The number of hydrogen-bond acceptors (Lipinski definition) is 4. The zero-order valence-corrected chi connectivity index (χ0v) is 20.4. The van der Waals surface area contributed by atoms with Crippen molar-refractivity contribution in [1.29, 1.82) is 0 Å². The Labute approximate surface area is 214 Å². The summed E-state index contributed by atoms with van der Waals surface area (Å²) in [5.74, 6) is -2.09. The van der Waals surface area contributed by atoms with Gasteiger partial charge in [0.05, 0.1) is 18.8 Å². The van der Waals surface area contributed by atoms with Crippen molar-refractivity contribution in [2.24, 2.45) is 5.92 Å². The molecule has 0 saturated carbocycles. The Morgan fingerprint density at radius 2 is 1.78 bits per heavy atom. The van der Waals surface area contributed by atoms with Crippen molar-refractivity contribution in [3.05, 3.63) is 102 Å². The number of halogens is 2. The van der Waals surface area contributed by atoms with E-state index in [0.717, 1.165) is 11.3 Å². The molecule has 4 N–H and O–H groups in total. The molecule has 0 aliphatic heterocycles. The average Bonchev–Trinajstić information content (AvgIpc) is 3.34. The highest BCUT2D eigenvalue weighted by atomic mass is 19.1. The van der Waals surface area contributed by atoms with E-state index in [0.29, 0.717) is 23.4 Å². The number of nitrogens with zero attached hydrogens (tertiary/aromatic N) is 1. The number of amides is 1. The molecular formula is C29H29F2N3O3. The number of carbonyl (C=O) groups excluding carboxylic acids is 1. The van der Waals surface area contributed by atoms with E-state index in [2.05, 4.69) is 15.3 Å². The lowest BCUT2D eigenvalue weighted by Crippen LogP contribution is -2.45. The second-order valence-corrected chi connectivity index (χ2v) is 8.83. The van der Waals surface area contributed by atoms with Crippen LogP contribution in [0, 0.1) is 17.6 Å². The van der Waals surface area contributed by atoms with Gasteiger partial charge < -0.3 is 20.5 Å². The Hall–Kier alpha value is -3.88. The number of nitrogens with one attached hydrogen (secondary N) is 2. The number of aliphatic hydroxyl groups is 2. The van der Waals surface area contributed by atoms with Crippen LogP contribution in [0.1, 0.15) is 28.7 Å². The van der Waals surface area contributed by atoms with E-state index in [4.69, 9.17) is 0 Å². The number of aromatic amines is 1. The van der Waals surface area contributed by atoms with E-state index in [1.807, 2.05) is 13.0 Å². The number of H-pyrrole nitrogens is 1. The van der Waals surface area contributed by atoms with Crippen LogP contribution in [0.25, 0.3) is 22.4 Å². The zero-order valence-electron chi connectivity index (χ0n) is 20.4. The molecule has 8 heteroatoms. The van der Waals surface area contributed by atoms with Crippen LogP contribution in [0.2, 0.25) is 0 Å². The first-order valence-electron chi connectivity index (χ1n) is 12.1. The van der Waals surface area contributed by atoms with Crippen molar-refractivity contribution in [1.82, 2.24) is 15.3 Å². The molecule has 2 heterocycles. The van der Waals surface area contributed by atoms with Crippen molar-refractivity contribution in [2.75, 3.05) is 13.2 Å². The van der Waals surface area contributed by atoms with Crippen molar-refractivity contribution in [3.8, 4) is 22.4 Å². The van der Waals surface area contributed by atoms with Crippen LogP contribution in [0.15, 0.2) is 72.9 Å². The molecule has 2 aromatic heterocycles. The Kier molecular flexibility index (Phi) is 8.43. The first-order valence-corrected chi connectivity index (χ1v) is 12.1. The molecule has 0 spiro atoms. The first-order chi connectivity index (χ1) is 17.9. The topological polar surface area (TPSA) is 98.2 Å². The van der Waals surface area contributed by atoms with Crippen LogP contribution in [0.3, 0.4) is 0 Å². The van der Waals surface area contributed by atoms with Gasteiger partial charge in [0.15, 0.2) is 0 Å². The lowest BCUT2D eigenvalue weighted by molar-refractivity contribution is 0.0848. The highest BCUT2D eigenvalue weighted by molar-refractivity contribution is 6.01. The summed E-state index contributed by atoms with van der Waals surface area (Å²) in [7, 11) is 0. The molecule has 0 bridgehead atoms. The number of pyridine rings is 1. The molecule has 0 aliphatic rings. The fraction of sp³-hybridized carbons (Fsp3) is 0.241. The largest absolute Gasteiger partial charge is 0.396 e. The number of benzene rings is 2. The summed E-state index contributed by atoms with van der Waals surface area (Å²) < 4.78 is 28.7. The minimum atomic E-state index is -0.639. The van der Waals surface area contributed by atoms with Gasteiger partial charge in [0, 0.05) is 52.8 Å². The number of aliphatic hydroxyl groups excluding tert-OH is 2. The van der Waals surface area contributed by atoms with Crippen molar-refractivity contribution in [2.45, 2.75) is 25.8 Å². The van der Waals surface area contributed by atoms with Gasteiger partial charge in [0.1, 0.15) is 11.6 Å². The van der Waals surface area contributed by atoms with Crippen LogP contribution < -0.4 is 5.32 Å². The third-order valence-corrected chi connectivity index (χ3v) is 6.45. The van der Waals surface area contributed by atoms with Crippen LogP contribution in [0.5, 0.6) is 0 Å². The van der Waals surface area contributed by atoms with Gasteiger partial charge in [-0.15, -0.1) is 0 Å². The predicted molar refractivity (Wildman–Crippen MR) is 138 cm³/mol. The normalized spacial score (nSPS) is 12.1. The first kappa shape index (κ1) is 26.2. The Morgan fingerprint density at radius 1 is 1.03 bits per heavy atom. The quantitative estimate of drug-likeness (QED) is 0.255. The van der Waals surface area contributed by atoms with Gasteiger partial charge in [-0.2, -0.15) is 0 Å². The number of carbonyl (C=O) groups is 1. The molecule has 6 nitrogen and oxygen atoms in total. The molecule has 0 saturated heterocycles. The Balaban J connectivity index is 1.71. The monoisotopic (exact) mass is 505 g/mol. The van der Waals surface area contributed by atoms with Gasteiger partial charge in [-0.3, -0.25) is 9.78 Å².